The van der Waals surface area contributed by atoms with E-state index >= 15 is 0 Å². The van der Waals surface area contributed by atoms with E-state index in [9.17, 15) is 4.79 Å². The van der Waals surface area contributed by atoms with Crippen LogP contribution in [0.25, 0.3) is 0 Å². The largest absolute Gasteiger partial charge is 0.293 e. The third-order valence-electron chi connectivity index (χ3n) is 3.08. The van der Waals surface area contributed by atoms with E-state index in [-0.39, 0.29) is 5.78 Å². The van der Waals surface area contributed by atoms with Crippen LogP contribution in [-0.4, -0.2) is 29.8 Å². The van der Waals surface area contributed by atoms with E-state index in [2.05, 4.69) is 57.5 Å². The summed E-state index contributed by atoms with van der Waals surface area (Å²) >= 11 is 8.43. The number of hydrogen-bond acceptors (Lipinski definition) is 3. The van der Waals surface area contributed by atoms with E-state index in [0.717, 1.165) is 26.1 Å². The first kappa shape index (κ1) is 17.3. The van der Waals surface area contributed by atoms with Gasteiger partial charge in [0, 0.05) is 11.6 Å². The minimum atomic E-state index is 0.194. The fraction of sp³-hybridized carbons (Fsp3) is 0.643. The van der Waals surface area contributed by atoms with E-state index in [0.29, 0.717) is 12.6 Å². The number of ketones is 1. The van der Waals surface area contributed by atoms with Crippen molar-refractivity contribution in [2.24, 2.45) is 0 Å². The van der Waals surface area contributed by atoms with E-state index in [1.54, 1.807) is 11.3 Å². The minimum Gasteiger partial charge on any atom is -0.293 e. The molecule has 0 saturated heterocycles. The van der Waals surface area contributed by atoms with Crippen LogP contribution in [0.3, 0.4) is 0 Å². The molecule has 108 valence electrons. The van der Waals surface area contributed by atoms with Gasteiger partial charge in [-0.2, -0.15) is 0 Å². The fourth-order valence-corrected chi connectivity index (χ4v) is 4.74. The molecule has 0 fully saturated rings. The minimum absolute atomic E-state index is 0.194. The lowest BCUT2D eigenvalue weighted by molar-refractivity contribution is 0.0903. The van der Waals surface area contributed by atoms with Crippen LogP contribution in [0.2, 0.25) is 0 Å². The highest BCUT2D eigenvalue weighted by atomic mass is 79.9. The highest BCUT2D eigenvalue weighted by Crippen LogP contribution is 2.32. The number of nitrogens with zero attached hydrogens (tertiary/aromatic N) is 1. The molecule has 1 aromatic rings. The van der Waals surface area contributed by atoms with Gasteiger partial charge < -0.3 is 0 Å². The van der Waals surface area contributed by atoms with Crippen molar-refractivity contribution in [1.29, 1.82) is 0 Å². The predicted octanol–water partition coefficient (Wildman–Crippen LogP) is 5.36. The zero-order chi connectivity index (χ0) is 14.4. The maximum absolute atomic E-state index is 12.3. The smallest absolute Gasteiger partial charge is 0.178 e. The van der Waals surface area contributed by atoms with Crippen molar-refractivity contribution in [3.63, 3.8) is 0 Å². The Morgan fingerprint density at radius 2 is 2.05 bits per heavy atom. The molecule has 0 aliphatic carbocycles. The molecule has 0 saturated carbocycles. The zero-order valence-electron chi connectivity index (χ0n) is 11.7. The van der Waals surface area contributed by atoms with E-state index in [4.69, 9.17) is 0 Å². The Morgan fingerprint density at radius 3 is 2.53 bits per heavy atom. The molecule has 1 rings (SSSR count). The highest BCUT2D eigenvalue weighted by molar-refractivity contribution is 9.12. The quantitative estimate of drug-likeness (QED) is 0.424. The molecule has 1 heterocycles. The van der Waals surface area contributed by atoms with Gasteiger partial charge in [0.25, 0.3) is 0 Å². The lowest BCUT2D eigenvalue weighted by Gasteiger charge is -2.25. The fourth-order valence-electron chi connectivity index (χ4n) is 1.88. The average Bonchev–Trinajstić information content (AvgIpc) is 2.67. The Kier molecular flexibility index (Phi) is 7.80. The van der Waals surface area contributed by atoms with Crippen molar-refractivity contribution in [3.05, 3.63) is 19.2 Å². The van der Waals surface area contributed by atoms with Crippen LogP contribution >= 0.6 is 43.2 Å². The number of hydrogen-bond donors (Lipinski definition) is 0. The first-order chi connectivity index (χ1) is 8.95. The van der Waals surface area contributed by atoms with Gasteiger partial charge in [-0.25, -0.2) is 0 Å². The third-order valence-corrected chi connectivity index (χ3v) is 5.42. The summed E-state index contributed by atoms with van der Waals surface area (Å²) in [5, 5.41) is 0. The van der Waals surface area contributed by atoms with Crippen LogP contribution in [0.15, 0.2) is 13.6 Å². The lowest BCUT2D eigenvalue weighted by Crippen LogP contribution is -2.36. The average molecular weight is 411 g/mol. The number of rotatable bonds is 8. The van der Waals surface area contributed by atoms with Gasteiger partial charge in [0.1, 0.15) is 0 Å². The molecule has 0 atom stereocenters. The van der Waals surface area contributed by atoms with Gasteiger partial charge in [0.05, 0.1) is 14.1 Å². The van der Waals surface area contributed by atoms with Crippen LogP contribution in [0, 0.1) is 0 Å². The molecular weight excluding hydrogens is 390 g/mol. The summed E-state index contributed by atoms with van der Waals surface area (Å²) in [5.41, 5.74) is 0.790. The molecule has 19 heavy (non-hydrogen) atoms. The standard InChI is InChI=1S/C14H21Br2NOS/c1-4-5-6-7-17(10(2)3)9-12(18)11-8-13(15)19-14(11)16/h8,10H,4-7,9H2,1-3H3. The lowest BCUT2D eigenvalue weighted by atomic mass is 10.1. The molecule has 1 aromatic heterocycles. The maximum Gasteiger partial charge on any atom is 0.178 e. The molecule has 5 heteroatoms. The van der Waals surface area contributed by atoms with E-state index < -0.39 is 0 Å². The summed E-state index contributed by atoms with van der Waals surface area (Å²) in [6.07, 6.45) is 3.60. The summed E-state index contributed by atoms with van der Waals surface area (Å²) in [6, 6.07) is 2.31. The van der Waals surface area contributed by atoms with Crippen LogP contribution in [0.1, 0.15) is 50.4 Å². The molecule has 0 aliphatic heterocycles. The van der Waals surface area contributed by atoms with Gasteiger partial charge in [-0.15, -0.1) is 11.3 Å². The molecule has 0 radical (unpaired) electrons. The maximum atomic E-state index is 12.3. The van der Waals surface area contributed by atoms with Crippen molar-refractivity contribution in [2.75, 3.05) is 13.1 Å². The van der Waals surface area contributed by atoms with E-state index in [1.165, 1.54) is 12.8 Å². The Balaban J connectivity index is 2.63. The van der Waals surface area contributed by atoms with Gasteiger partial charge >= 0.3 is 0 Å². The summed E-state index contributed by atoms with van der Waals surface area (Å²) in [7, 11) is 0. The second kappa shape index (κ2) is 8.55. The Bertz CT molecular complexity index is 418. The Labute approximate surface area is 136 Å². The monoisotopic (exact) mass is 409 g/mol. The van der Waals surface area contributed by atoms with Gasteiger partial charge in [0.2, 0.25) is 0 Å². The van der Waals surface area contributed by atoms with Crippen molar-refractivity contribution >= 4 is 49.0 Å². The van der Waals surface area contributed by atoms with Gasteiger partial charge in [-0.05, 0) is 64.7 Å². The number of thiophene rings is 1. The van der Waals surface area contributed by atoms with Gasteiger partial charge in [-0.1, -0.05) is 19.8 Å². The van der Waals surface area contributed by atoms with Crippen molar-refractivity contribution < 1.29 is 4.79 Å². The SMILES string of the molecule is CCCCCN(CC(=O)c1cc(Br)sc1Br)C(C)C. The van der Waals surface area contributed by atoms with Crippen molar-refractivity contribution in [2.45, 2.75) is 46.1 Å². The normalized spacial score (nSPS) is 11.5. The number of halogens is 2. The van der Waals surface area contributed by atoms with Gasteiger partial charge in [0.15, 0.2) is 5.78 Å². The summed E-state index contributed by atoms with van der Waals surface area (Å²) in [4.78, 5) is 14.6. The third kappa shape index (κ3) is 5.66. The van der Waals surface area contributed by atoms with Crippen LogP contribution in [0.4, 0.5) is 0 Å². The predicted molar refractivity (Wildman–Crippen MR) is 90.3 cm³/mol. The molecule has 0 aromatic carbocycles. The zero-order valence-corrected chi connectivity index (χ0v) is 15.7. The summed E-state index contributed by atoms with van der Waals surface area (Å²) in [6.45, 7) is 8.00. The van der Waals surface area contributed by atoms with Crippen LogP contribution in [-0.2, 0) is 0 Å². The molecule has 0 spiro atoms. The Morgan fingerprint density at radius 1 is 1.37 bits per heavy atom. The Hall–Kier alpha value is 0.290. The second-order valence-electron chi connectivity index (χ2n) is 4.93. The first-order valence-corrected chi connectivity index (χ1v) is 9.08. The van der Waals surface area contributed by atoms with Crippen molar-refractivity contribution in [3.8, 4) is 0 Å². The molecule has 0 amide bonds. The first-order valence-electron chi connectivity index (χ1n) is 6.67. The summed E-state index contributed by atoms with van der Waals surface area (Å²) in [5.74, 6) is 0.194. The second-order valence-corrected chi connectivity index (χ2v) is 8.68. The molecule has 0 unspecified atom stereocenters. The van der Waals surface area contributed by atoms with Crippen LogP contribution in [0.5, 0.6) is 0 Å². The van der Waals surface area contributed by atoms with E-state index in [1.807, 2.05) is 6.07 Å². The summed E-state index contributed by atoms with van der Waals surface area (Å²) < 4.78 is 1.91. The van der Waals surface area contributed by atoms with Gasteiger partial charge in [-0.3, -0.25) is 9.69 Å². The molecule has 0 bridgehead atoms. The van der Waals surface area contributed by atoms with Crippen LogP contribution < -0.4 is 0 Å². The molecular formula is C14H21Br2NOS. The number of unbranched alkanes of at least 4 members (excludes halogenated alkanes) is 2. The molecule has 0 N–H and O–H groups in total. The molecule has 0 aliphatic rings. The van der Waals surface area contributed by atoms with Crippen molar-refractivity contribution in [1.82, 2.24) is 4.90 Å². The highest BCUT2D eigenvalue weighted by Gasteiger charge is 2.18. The molecule has 2 nitrogen and oxygen atoms in total. The number of Topliss-reactive ketones (excluding diaryl/α,β-unsaturated/α-hetero) is 1. The number of carbonyl (C=O) groups excluding carboxylic acids is 1. The number of carbonyl (C=O) groups is 1. The topological polar surface area (TPSA) is 20.3 Å².